The van der Waals surface area contributed by atoms with Crippen molar-refractivity contribution < 1.29 is 0 Å². The van der Waals surface area contributed by atoms with Crippen LogP contribution in [0.1, 0.15) is 24.2 Å². The highest BCUT2D eigenvalue weighted by Gasteiger charge is 2.05. The summed E-state index contributed by atoms with van der Waals surface area (Å²) < 4.78 is 3.82. The third-order valence-electron chi connectivity index (χ3n) is 2.04. The largest absolute Gasteiger partial charge is 0.304 e. The van der Waals surface area contributed by atoms with Crippen molar-refractivity contribution in [1.82, 2.24) is 14.9 Å². The minimum Gasteiger partial charge on any atom is -0.304 e. The van der Waals surface area contributed by atoms with E-state index in [0.29, 0.717) is 6.04 Å². The minimum absolute atomic E-state index is 0.378. The lowest BCUT2D eigenvalue weighted by Gasteiger charge is -2.10. The molecule has 0 radical (unpaired) electrons. The highest BCUT2D eigenvalue weighted by Crippen LogP contribution is 2.15. The maximum absolute atomic E-state index is 3.98. The Labute approximate surface area is 91.0 Å². The first kappa shape index (κ1) is 9.76. The first-order valence-electron chi connectivity index (χ1n) is 4.37. The van der Waals surface area contributed by atoms with Crippen LogP contribution < -0.4 is 5.32 Å². The van der Waals surface area contributed by atoms with Crippen molar-refractivity contribution in [3.63, 3.8) is 0 Å². The van der Waals surface area contributed by atoms with Gasteiger partial charge in [-0.05, 0) is 40.8 Å². The van der Waals surface area contributed by atoms with E-state index < -0.39 is 0 Å². The summed E-state index contributed by atoms with van der Waals surface area (Å²) in [6.45, 7) is 2.94. The molecule has 0 saturated carbocycles. The summed E-state index contributed by atoms with van der Waals surface area (Å²) in [6.07, 6.45) is 0. The zero-order chi connectivity index (χ0) is 9.80. The van der Waals surface area contributed by atoms with Gasteiger partial charge in [0, 0.05) is 18.0 Å². The average molecular weight is 225 g/mol. The average Bonchev–Trinajstić information content (AvgIpc) is 2.87. The third kappa shape index (κ3) is 2.37. The van der Waals surface area contributed by atoms with Crippen molar-refractivity contribution in [3.8, 4) is 0 Å². The standard InChI is InChI=1S/C9H11N3S2/c1-7(8-2-3-13-5-8)10-4-9-6-14-12-11-9/h2-3,5-7,10H,4H2,1H3. The first-order chi connectivity index (χ1) is 6.86. The van der Waals surface area contributed by atoms with E-state index in [-0.39, 0.29) is 0 Å². The molecule has 2 aromatic rings. The Balaban J connectivity index is 1.87. The van der Waals surface area contributed by atoms with Gasteiger partial charge < -0.3 is 5.32 Å². The van der Waals surface area contributed by atoms with Gasteiger partial charge in [0.25, 0.3) is 0 Å². The number of hydrogen-bond acceptors (Lipinski definition) is 5. The molecule has 2 rings (SSSR count). The highest BCUT2D eigenvalue weighted by molar-refractivity contribution is 7.08. The summed E-state index contributed by atoms with van der Waals surface area (Å²) in [6, 6.07) is 2.52. The van der Waals surface area contributed by atoms with Crippen LogP contribution in [0.15, 0.2) is 22.2 Å². The van der Waals surface area contributed by atoms with Crippen LogP contribution in [0.4, 0.5) is 0 Å². The molecule has 0 saturated heterocycles. The molecular weight excluding hydrogens is 214 g/mol. The molecule has 2 heterocycles. The van der Waals surface area contributed by atoms with Gasteiger partial charge in [-0.1, -0.05) is 4.49 Å². The SMILES string of the molecule is CC(NCc1csnn1)c1ccsc1. The van der Waals surface area contributed by atoms with E-state index in [2.05, 4.69) is 38.7 Å². The lowest BCUT2D eigenvalue weighted by atomic mass is 10.2. The van der Waals surface area contributed by atoms with Crippen LogP contribution in [0.3, 0.4) is 0 Å². The zero-order valence-corrected chi connectivity index (χ0v) is 9.44. The van der Waals surface area contributed by atoms with Gasteiger partial charge in [-0.25, -0.2) is 0 Å². The second kappa shape index (κ2) is 4.63. The molecule has 0 aliphatic heterocycles. The van der Waals surface area contributed by atoms with Crippen LogP contribution in [0.5, 0.6) is 0 Å². The molecule has 1 atom stereocenters. The first-order valence-corrected chi connectivity index (χ1v) is 6.15. The second-order valence-corrected chi connectivity index (χ2v) is 4.45. The van der Waals surface area contributed by atoms with E-state index in [4.69, 9.17) is 0 Å². The molecule has 0 bridgehead atoms. The van der Waals surface area contributed by atoms with Crippen LogP contribution in [0.2, 0.25) is 0 Å². The molecule has 14 heavy (non-hydrogen) atoms. The van der Waals surface area contributed by atoms with E-state index in [1.54, 1.807) is 11.3 Å². The van der Waals surface area contributed by atoms with E-state index in [0.717, 1.165) is 12.2 Å². The molecule has 5 heteroatoms. The van der Waals surface area contributed by atoms with Gasteiger partial charge in [-0.15, -0.1) is 5.10 Å². The predicted molar refractivity (Wildman–Crippen MR) is 59.5 cm³/mol. The molecule has 3 nitrogen and oxygen atoms in total. The summed E-state index contributed by atoms with van der Waals surface area (Å²) in [7, 11) is 0. The minimum atomic E-state index is 0.378. The van der Waals surface area contributed by atoms with Gasteiger partial charge >= 0.3 is 0 Å². The van der Waals surface area contributed by atoms with Gasteiger partial charge in [0.1, 0.15) is 0 Å². The van der Waals surface area contributed by atoms with E-state index in [1.165, 1.54) is 17.1 Å². The van der Waals surface area contributed by atoms with Gasteiger partial charge in [0.15, 0.2) is 0 Å². The van der Waals surface area contributed by atoms with Crippen molar-refractivity contribution in [1.29, 1.82) is 0 Å². The Hall–Kier alpha value is -0.780. The Kier molecular flexibility index (Phi) is 3.23. The molecule has 1 N–H and O–H groups in total. The zero-order valence-electron chi connectivity index (χ0n) is 7.80. The number of nitrogens with zero attached hydrogens (tertiary/aromatic N) is 2. The van der Waals surface area contributed by atoms with Crippen molar-refractivity contribution >= 4 is 22.9 Å². The Morgan fingerprint density at radius 1 is 1.50 bits per heavy atom. The molecule has 2 aromatic heterocycles. The van der Waals surface area contributed by atoms with Crippen LogP contribution >= 0.6 is 22.9 Å². The number of aromatic nitrogens is 2. The molecule has 0 aliphatic rings. The highest BCUT2D eigenvalue weighted by atomic mass is 32.1. The van der Waals surface area contributed by atoms with Gasteiger partial charge in [0.2, 0.25) is 0 Å². The van der Waals surface area contributed by atoms with Crippen LogP contribution in [-0.2, 0) is 6.54 Å². The smallest absolute Gasteiger partial charge is 0.0893 e. The third-order valence-corrected chi connectivity index (χ3v) is 3.29. The van der Waals surface area contributed by atoms with Crippen LogP contribution in [0, 0.1) is 0 Å². The van der Waals surface area contributed by atoms with Crippen molar-refractivity contribution in [2.75, 3.05) is 0 Å². The number of hydrogen-bond donors (Lipinski definition) is 1. The van der Waals surface area contributed by atoms with Gasteiger partial charge in [0.05, 0.1) is 5.69 Å². The number of nitrogens with one attached hydrogen (secondary N) is 1. The Morgan fingerprint density at radius 3 is 3.07 bits per heavy atom. The van der Waals surface area contributed by atoms with Gasteiger partial charge in [-0.2, -0.15) is 11.3 Å². The molecule has 74 valence electrons. The van der Waals surface area contributed by atoms with Gasteiger partial charge in [-0.3, -0.25) is 0 Å². The summed E-state index contributed by atoms with van der Waals surface area (Å²) in [4.78, 5) is 0. The summed E-state index contributed by atoms with van der Waals surface area (Å²) in [5.74, 6) is 0. The lowest BCUT2D eigenvalue weighted by Crippen LogP contribution is -2.17. The van der Waals surface area contributed by atoms with E-state index in [1.807, 2.05) is 5.38 Å². The fourth-order valence-electron chi connectivity index (χ4n) is 1.16. The van der Waals surface area contributed by atoms with Crippen molar-refractivity contribution in [2.45, 2.75) is 19.5 Å². The van der Waals surface area contributed by atoms with Crippen LogP contribution in [0.25, 0.3) is 0 Å². The van der Waals surface area contributed by atoms with Crippen molar-refractivity contribution in [3.05, 3.63) is 33.5 Å². The normalized spacial score (nSPS) is 12.9. The summed E-state index contributed by atoms with van der Waals surface area (Å²) in [5, 5.41) is 13.6. The summed E-state index contributed by atoms with van der Waals surface area (Å²) in [5.41, 5.74) is 2.34. The fraction of sp³-hybridized carbons (Fsp3) is 0.333. The molecule has 0 amide bonds. The maximum Gasteiger partial charge on any atom is 0.0893 e. The quantitative estimate of drug-likeness (QED) is 0.868. The summed E-state index contributed by atoms with van der Waals surface area (Å²) >= 11 is 3.12. The lowest BCUT2D eigenvalue weighted by molar-refractivity contribution is 0.568. The second-order valence-electron chi connectivity index (χ2n) is 3.06. The molecule has 0 spiro atoms. The van der Waals surface area contributed by atoms with Crippen molar-refractivity contribution in [2.24, 2.45) is 0 Å². The fourth-order valence-corrected chi connectivity index (χ4v) is 2.36. The molecule has 0 aliphatic carbocycles. The number of thiophene rings is 1. The predicted octanol–water partition coefficient (Wildman–Crippen LogP) is 2.45. The Bertz CT molecular complexity index is 355. The maximum atomic E-state index is 3.98. The van der Waals surface area contributed by atoms with E-state index >= 15 is 0 Å². The molecular formula is C9H11N3S2. The molecule has 0 aromatic carbocycles. The monoisotopic (exact) mass is 225 g/mol. The Morgan fingerprint density at radius 2 is 2.43 bits per heavy atom. The number of rotatable bonds is 4. The van der Waals surface area contributed by atoms with Crippen LogP contribution in [-0.4, -0.2) is 9.59 Å². The molecule has 1 unspecified atom stereocenters. The van der Waals surface area contributed by atoms with E-state index in [9.17, 15) is 0 Å². The topological polar surface area (TPSA) is 37.8 Å². The molecule has 0 fully saturated rings.